The number of aromatic nitrogens is 2. The summed E-state index contributed by atoms with van der Waals surface area (Å²) in [5, 5.41) is 13.1. The smallest absolute Gasteiger partial charge is 0.163 e. The van der Waals surface area contributed by atoms with Crippen molar-refractivity contribution in [3.8, 4) is 22.8 Å². The highest BCUT2D eigenvalue weighted by Gasteiger charge is 2.46. The molecular weight excluding hydrogens is 537 g/mol. The van der Waals surface area contributed by atoms with E-state index in [-0.39, 0.29) is 43.1 Å². The van der Waals surface area contributed by atoms with Gasteiger partial charge in [-0.2, -0.15) is 0 Å². The van der Waals surface area contributed by atoms with Crippen LogP contribution in [0.2, 0.25) is 0 Å². The lowest BCUT2D eigenvalue weighted by atomic mass is 9.77. The number of carbonyl (C=O) groups excluding carboxylic acids is 1. The third kappa shape index (κ3) is 4.81. The molecule has 0 bridgehead atoms. The number of fused-ring (bicyclic) bond motifs is 2. The molecule has 4 aromatic rings. The number of ether oxygens (including phenoxy) is 3. The Labute approximate surface area is 242 Å². The Morgan fingerprint density at radius 1 is 1.19 bits per heavy atom. The lowest BCUT2D eigenvalue weighted by molar-refractivity contribution is -0.156. The summed E-state index contributed by atoms with van der Waals surface area (Å²) in [6.07, 6.45) is 4.05. The molecule has 2 atom stereocenters. The van der Waals surface area contributed by atoms with E-state index in [0.717, 1.165) is 23.7 Å². The minimum atomic E-state index is -1.47. The molecule has 4 heterocycles. The number of aliphatic hydroxyl groups is 1. The van der Waals surface area contributed by atoms with Crippen LogP contribution in [0.5, 0.6) is 11.5 Å². The zero-order valence-electron chi connectivity index (χ0n) is 23.3. The van der Waals surface area contributed by atoms with Gasteiger partial charge in [0.25, 0.3) is 0 Å². The van der Waals surface area contributed by atoms with E-state index in [1.807, 2.05) is 25.1 Å². The summed E-state index contributed by atoms with van der Waals surface area (Å²) < 4.78 is 31.3. The van der Waals surface area contributed by atoms with Crippen molar-refractivity contribution >= 4 is 16.7 Å². The first-order valence-corrected chi connectivity index (χ1v) is 14.3. The van der Waals surface area contributed by atoms with Gasteiger partial charge in [-0.1, -0.05) is 6.07 Å². The average Bonchev–Trinajstić information content (AvgIpc) is 3.72. The fourth-order valence-electron chi connectivity index (χ4n) is 5.71. The van der Waals surface area contributed by atoms with E-state index in [4.69, 9.17) is 24.9 Å². The molecule has 9 heteroatoms. The molecule has 0 amide bonds. The second-order valence-electron chi connectivity index (χ2n) is 11.9. The quantitative estimate of drug-likeness (QED) is 0.269. The third-order valence-corrected chi connectivity index (χ3v) is 8.52. The number of carbonyl (C=O) groups is 1. The molecule has 3 aliphatic rings. The van der Waals surface area contributed by atoms with Crippen LogP contribution in [-0.2, 0) is 15.9 Å². The van der Waals surface area contributed by atoms with Gasteiger partial charge < -0.3 is 25.1 Å². The maximum absolute atomic E-state index is 13.8. The fraction of sp³-hybridized carbons (Fsp3) is 0.364. The Balaban J connectivity index is 1.24. The minimum absolute atomic E-state index is 0.0721. The summed E-state index contributed by atoms with van der Waals surface area (Å²) in [6.45, 7) is 2.79. The summed E-state index contributed by atoms with van der Waals surface area (Å²) in [5.41, 5.74) is 7.78. The van der Waals surface area contributed by atoms with E-state index in [1.54, 1.807) is 30.5 Å². The fourth-order valence-corrected chi connectivity index (χ4v) is 5.71. The highest BCUT2D eigenvalue weighted by molar-refractivity contribution is 6.01. The molecule has 1 saturated heterocycles. The van der Waals surface area contributed by atoms with Gasteiger partial charge in [0.05, 0.1) is 30.6 Å². The van der Waals surface area contributed by atoms with Crippen LogP contribution in [0.3, 0.4) is 0 Å². The number of Topliss-reactive ketones (excluding diaryl/α,β-unsaturated/α-hetero) is 1. The van der Waals surface area contributed by atoms with E-state index >= 15 is 0 Å². The SMILES string of the molecule is C[C@]1(N)COc2c1cc([C@@](O)(CCC(=O)c1cc(OC3CC3)c3ncccc3c1)C1COC1)nc2-c1ccc(F)cc1. The van der Waals surface area contributed by atoms with E-state index in [2.05, 4.69) is 4.98 Å². The van der Waals surface area contributed by atoms with Gasteiger partial charge in [-0.25, -0.2) is 9.37 Å². The zero-order valence-corrected chi connectivity index (χ0v) is 23.3. The van der Waals surface area contributed by atoms with Gasteiger partial charge in [0, 0.05) is 40.6 Å². The average molecular weight is 570 g/mol. The molecule has 2 aliphatic heterocycles. The number of hydrogen-bond donors (Lipinski definition) is 2. The maximum Gasteiger partial charge on any atom is 0.163 e. The largest absolute Gasteiger partial charge is 0.489 e. The van der Waals surface area contributed by atoms with Gasteiger partial charge in [-0.3, -0.25) is 9.78 Å². The second-order valence-corrected chi connectivity index (χ2v) is 11.9. The highest BCUT2D eigenvalue weighted by atomic mass is 19.1. The molecule has 1 saturated carbocycles. The predicted octanol–water partition coefficient (Wildman–Crippen LogP) is 5.04. The van der Waals surface area contributed by atoms with Crippen LogP contribution < -0.4 is 15.2 Å². The van der Waals surface area contributed by atoms with Crippen molar-refractivity contribution in [1.29, 1.82) is 0 Å². The molecule has 0 radical (unpaired) electrons. The minimum Gasteiger partial charge on any atom is -0.489 e. The number of rotatable bonds is 9. The van der Waals surface area contributed by atoms with Crippen LogP contribution in [0.25, 0.3) is 22.2 Å². The van der Waals surface area contributed by atoms with Crippen molar-refractivity contribution in [1.82, 2.24) is 9.97 Å². The monoisotopic (exact) mass is 569 g/mol. The van der Waals surface area contributed by atoms with Crippen molar-refractivity contribution in [2.75, 3.05) is 19.8 Å². The third-order valence-electron chi connectivity index (χ3n) is 8.52. The molecule has 8 nitrogen and oxygen atoms in total. The van der Waals surface area contributed by atoms with E-state index in [0.29, 0.717) is 52.8 Å². The maximum atomic E-state index is 13.8. The number of ketones is 1. The summed E-state index contributed by atoms with van der Waals surface area (Å²) in [4.78, 5) is 23.0. The summed E-state index contributed by atoms with van der Waals surface area (Å²) >= 11 is 0. The van der Waals surface area contributed by atoms with Gasteiger partial charge in [-0.15, -0.1) is 0 Å². The normalized spacial score (nSPS) is 21.3. The highest BCUT2D eigenvalue weighted by Crippen LogP contribution is 2.46. The topological polar surface area (TPSA) is 117 Å². The Bertz CT molecular complexity index is 1680. The lowest BCUT2D eigenvalue weighted by Gasteiger charge is -2.41. The summed E-state index contributed by atoms with van der Waals surface area (Å²) in [6, 6.07) is 15.1. The van der Waals surface area contributed by atoms with Crippen LogP contribution >= 0.6 is 0 Å². The first-order chi connectivity index (χ1) is 20.2. The van der Waals surface area contributed by atoms with E-state index in [1.165, 1.54) is 12.1 Å². The van der Waals surface area contributed by atoms with Crippen molar-refractivity contribution in [3.63, 3.8) is 0 Å². The predicted molar refractivity (Wildman–Crippen MR) is 154 cm³/mol. The van der Waals surface area contributed by atoms with Crippen molar-refractivity contribution in [2.45, 2.75) is 49.9 Å². The van der Waals surface area contributed by atoms with E-state index in [9.17, 15) is 14.3 Å². The van der Waals surface area contributed by atoms with Crippen LogP contribution in [0.1, 0.15) is 54.2 Å². The van der Waals surface area contributed by atoms with Crippen molar-refractivity contribution < 1.29 is 28.5 Å². The number of pyridine rings is 2. The number of benzene rings is 2. The zero-order chi connectivity index (χ0) is 29.1. The van der Waals surface area contributed by atoms with Gasteiger partial charge >= 0.3 is 0 Å². The molecule has 216 valence electrons. The Hall–Kier alpha value is -3.92. The number of hydrogen-bond acceptors (Lipinski definition) is 8. The van der Waals surface area contributed by atoms with Crippen LogP contribution in [-0.4, -0.2) is 46.8 Å². The molecule has 2 fully saturated rings. The van der Waals surface area contributed by atoms with Gasteiger partial charge in [-0.05, 0) is 74.7 Å². The van der Waals surface area contributed by atoms with Crippen molar-refractivity contribution in [3.05, 3.63) is 83.4 Å². The van der Waals surface area contributed by atoms with Gasteiger partial charge in [0.2, 0.25) is 0 Å². The number of nitrogens with zero attached hydrogens (tertiary/aromatic N) is 2. The van der Waals surface area contributed by atoms with Gasteiger partial charge in [0.1, 0.15) is 35.0 Å². The van der Waals surface area contributed by atoms with Gasteiger partial charge in [0.15, 0.2) is 11.5 Å². The lowest BCUT2D eigenvalue weighted by Crippen LogP contribution is -2.47. The molecule has 42 heavy (non-hydrogen) atoms. The molecule has 2 aromatic carbocycles. The number of halogens is 1. The second kappa shape index (κ2) is 10.1. The Morgan fingerprint density at radius 3 is 2.69 bits per heavy atom. The standard InChI is InChI=1S/C33H32FN3O5/c1-32(35)18-41-31-25(32)15-28(37-30(31)19-4-6-23(34)7-5-19)33(39,22-16-40-17-22)11-10-26(38)21-13-20-3-2-12-36-29(20)27(14-21)42-24-8-9-24/h2-7,12-15,22,24,39H,8-11,16-18,35H2,1H3/t32-,33+/m0/s1. The van der Waals surface area contributed by atoms with Crippen molar-refractivity contribution in [2.24, 2.45) is 11.7 Å². The summed E-state index contributed by atoms with van der Waals surface area (Å²) in [7, 11) is 0. The molecule has 1 aliphatic carbocycles. The molecule has 2 aromatic heterocycles. The van der Waals surface area contributed by atoms with E-state index < -0.39 is 11.1 Å². The molecule has 7 rings (SSSR count). The van der Waals surface area contributed by atoms with Crippen LogP contribution in [0.4, 0.5) is 4.39 Å². The molecule has 0 spiro atoms. The molecule has 3 N–H and O–H groups in total. The first-order valence-electron chi connectivity index (χ1n) is 14.3. The number of nitrogens with two attached hydrogens (primary N) is 1. The molecule has 0 unspecified atom stereocenters. The first kappa shape index (κ1) is 26.9. The van der Waals surface area contributed by atoms with Crippen LogP contribution in [0, 0.1) is 11.7 Å². The Kier molecular flexibility index (Phi) is 6.49. The van der Waals surface area contributed by atoms with Crippen LogP contribution in [0.15, 0.2) is 60.8 Å². The Morgan fingerprint density at radius 2 is 1.98 bits per heavy atom. The summed E-state index contributed by atoms with van der Waals surface area (Å²) in [5.74, 6) is 0.373. The molecular formula is C33H32FN3O5.